The van der Waals surface area contributed by atoms with Crippen molar-refractivity contribution in [1.82, 2.24) is 15.1 Å². The molecular formula is C16H31N3O. The van der Waals surface area contributed by atoms with Gasteiger partial charge in [0.1, 0.15) is 0 Å². The smallest absolute Gasteiger partial charge is 0.0722 e. The standard InChI is InChI=1S/C16H31N3O/c1-15(2,3)14-13(11-19(6)18-14)10-17-12-16(4,5)8-7-9-20/h11,17,20H,7-10,12H2,1-6H3. The zero-order valence-electron chi connectivity index (χ0n) is 14.0. The van der Waals surface area contributed by atoms with E-state index < -0.39 is 0 Å². The molecule has 0 bridgehead atoms. The van der Waals surface area contributed by atoms with Crippen LogP contribution in [0, 0.1) is 5.41 Å². The van der Waals surface area contributed by atoms with Gasteiger partial charge < -0.3 is 10.4 Å². The third kappa shape index (κ3) is 5.25. The van der Waals surface area contributed by atoms with Crippen molar-refractivity contribution < 1.29 is 5.11 Å². The van der Waals surface area contributed by atoms with Crippen LogP contribution in [0.25, 0.3) is 0 Å². The van der Waals surface area contributed by atoms with Crippen LogP contribution in [0.5, 0.6) is 0 Å². The van der Waals surface area contributed by atoms with E-state index in [2.05, 4.69) is 51.2 Å². The molecule has 0 aliphatic heterocycles. The average Bonchev–Trinajstić information content (AvgIpc) is 2.67. The highest BCUT2D eigenvalue weighted by atomic mass is 16.2. The van der Waals surface area contributed by atoms with Crippen molar-refractivity contribution in [3.8, 4) is 0 Å². The molecule has 4 nitrogen and oxygen atoms in total. The molecule has 0 aromatic carbocycles. The Bertz CT molecular complexity index is 416. The Hall–Kier alpha value is -0.870. The van der Waals surface area contributed by atoms with Crippen molar-refractivity contribution in [2.24, 2.45) is 12.5 Å². The molecule has 0 aliphatic carbocycles. The van der Waals surface area contributed by atoms with Gasteiger partial charge in [-0.3, -0.25) is 4.68 Å². The molecule has 0 unspecified atom stereocenters. The van der Waals surface area contributed by atoms with Crippen molar-refractivity contribution in [2.45, 2.75) is 59.4 Å². The molecule has 2 N–H and O–H groups in total. The van der Waals surface area contributed by atoms with Gasteiger partial charge in [0.25, 0.3) is 0 Å². The van der Waals surface area contributed by atoms with Gasteiger partial charge in [-0.25, -0.2) is 0 Å². The Morgan fingerprint density at radius 1 is 1.25 bits per heavy atom. The number of aliphatic hydroxyl groups excluding tert-OH is 1. The van der Waals surface area contributed by atoms with Crippen molar-refractivity contribution in [3.63, 3.8) is 0 Å². The second kappa shape index (κ2) is 6.72. The molecule has 1 heterocycles. The monoisotopic (exact) mass is 281 g/mol. The first kappa shape index (κ1) is 17.2. The summed E-state index contributed by atoms with van der Waals surface area (Å²) in [5.74, 6) is 0. The minimum absolute atomic E-state index is 0.0741. The summed E-state index contributed by atoms with van der Waals surface area (Å²) < 4.78 is 1.90. The number of hydrogen-bond donors (Lipinski definition) is 2. The molecule has 20 heavy (non-hydrogen) atoms. The third-order valence-electron chi connectivity index (χ3n) is 3.55. The van der Waals surface area contributed by atoms with Gasteiger partial charge in [0.2, 0.25) is 0 Å². The van der Waals surface area contributed by atoms with Crippen molar-refractivity contribution in [1.29, 1.82) is 0 Å². The molecule has 0 saturated heterocycles. The van der Waals surface area contributed by atoms with Crippen LogP contribution >= 0.6 is 0 Å². The fourth-order valence-corrected chi connectivity index (χ4v) is 2.48. The maximum absolute atomic E-state index is 8.93. The molecule has 0 amide bonds. The molecule has 4 heteroatoms. The van der Waals surface area contributed by atoms with Crippen LogP contribution in [0.3, 0.4) is 0 Å². The van der Waals surface area contributed by atoms with E-state index in [-0.39, 0.29) is 17.4 Å². The number of aromatic nitrogens is 2. The van der Waals surface area contributed by atoms with Gasteiger partial charge in [0, 0.05) is 43.9 Å². The number of nitrogens with one attached hydrogen (secondary N) is 1. The van der Waals surface area contributed by atoms with Crippen LogP contribution in [0.1, 0.15) is 58.7 Å². The van der Waals surface area contributed by atoms with E-state index in [4.69, 9.17) is 5.11 Å². The summed E-state index contributed by atoms with van der Waals surface area (Å²) in [7, 11) is 1.98. The van der Waals surface area contributed by atoms with Crippen LogP contribution in [-0.4, -0.2) is 28.0 Å². The fourth-order valence-electron chi connectivity index (χ4n) is 2.48. The predicted octanol–water partition coefficient (Wildman–Crippen LogP) is 2.61. The highest BCUT2D eigenvalue weighted by molar-refractivity contribution is 5.23. The van der Waals surface area contributed by atoms with Gasteiger partial charge in [-0.15, -0.1) is 0 Å². The molecule has 0 spiro atoms. The van der Waals surface area contributed by atoms with E-state index >= 15 is 0 Å². The molecule has 0 radical (unpaired) electrons. The molecule has 0 aliphatic rings. The molecule has 0 saturated carbocycles. The Kier molecular flexibility index (Phi) is 5.78. The second-order valence-electron chi connectivity index (χ2n) is 7.52. The van der Waals surface area contributed by atoms with E-state index in [1.54, 1.807) is 0 Å². The molecule has 1 aromatic heterocycles. The quantitative estimate of drug-likeness (QED) is 0.807. The van der Waals surface area contributed by atoms with Crippen LogP contribution in [0.15, 0.2) is 6.20 Å². The number of nitrogens with zero attached hydrogens (tertiary/aromatic N) is 2. The minimum atomic E-state index is 0.0741. The topological polar surface area (TPSA) is 50.1 Å². The number of hydrogen-bond acceptors (Lipinski definition) is 3. The Balaban J connectivity index is 2.58. The van der Waals surface area contributed by atoms with E-state index in [0.29, 0.717) is 0 Å². The van der Waals surface area contributed by atoms with E-state index in [1.165, 1.54) is 11.3 Å². The lowest BCUT2D eigenvalue weighted by Gasteiger charge is -2.25. The van der Waals surface area contributed by atoms with E-state index in [1.807, 2.05) is 11.7 Å². The van der Waals surface area contributed by atoms with Crippen LogP contribution in [-0.2, 0) is 19.0 Å². The molecule has 116 valence electrons. The summed E-state index contributed by atoms with van der Waals surface area (Å²) in [6.45, 7) is 13.2. The summed E-state index contributed by atoms with van der Waals surface area (Å²) in [5.41, 5.74) is 2.73. The van der Waals surface area contributed by atoms with Crippen molar-refractivity contribution in [3.05, 3.63) is 17.5 Å². The van der Waals surface area contributed by atoms with E-state index in [0.717, 1.165) is 25.9 Å². The number of aliphatic hydroxyl groups is 1. The van der Waals surface area contributed by atoms with Gasteiger partial charge in [-0.05, 0) is 18.3 Å². The summed E-state index contributed by atoms with van der Waals surface area (Å²) in [4.78, 5) is 0. The lowest BCUT2D eigenvalue weighted by atomic mass is 9.87. The first-order valence-corrected chi connectivity index (χ1v) is 7.50. The van der Waals surface area contributed by atoms with Gasteiger partial charge in [-0.1, -0.05) is 34.6 Å². The summed E-state index contributed by atoms with van der Waals surface area (Å²) >= 11 is 0. The van der Waals surface area contributed by atoms with Crippen LogP contribution < -0.4 is 5.32 Å². The zero-order valence-corrected chi connectivity index (χ0v) is 14.0. The molecule has 0 atom stereocenters. The molecular weight excluding hydrogens is 250 g/mol. The normalized spacial score (nSPS) is 12.9. The van der Waals surface area contributed by atoms with Crippen molar-refractivity contribution >= 4 is 0 Å². The summed E-state index contributed by atoms with van der Waals surface area (Å²) in [6.07, 6.45) is 4.01. The first-order valence-electron chi connectivity index (χ1n) is 7.50. The maximum Gasteiger partial charge on any atom is 0.0722 e. The zero-order chi connectivity index (χ0) is 15.4. The lowest BCUT2D eigenvalue weighted by Crippen LogP contribution is -2.30. The van der Waals surface area contributed by atoms with Gasteiger partial charge in [0.15, 0.2) is 0 Å². The molecule has 0 fully saturated rings. The van der Waals surface area contributed by atoms with Gasteiger partial charge >= 0.3 is 0 Å². The average molecular weight is 281 g/mol. The summed E-state index contributed by atoms with van der Waals surface area (Å²) in [5, 5.41) is 17.1. The Morgan fingerprint density at radius 2 is 1.90 bits per heavy atom. The van der Waals surface area contributed by atoms with Crippen LogP contribution in [0.4, 0.5) is 0 Å². The first-order chi connectivity index (χ1) is 9.15. The third-order valence-corrected chi connectivity index (χ3v) is 3.55. The molecule has 1 aromatic rings. The highest BCUT2D eigenvalue weighted by Gasteiger charge is 2.22. The molecule has 1 rings (SSSR count). The maximum atomic E-state index is 8.93. The predicted molar refractivity (Wildman–Crippen MR) is 83.7 cm³/mol. The summed E-state index contributed by atoms with van der Waals surface area (Å²) in [6, 6.07) is 0. The van der Waals surface area contributed by atoms with Gasteiger partial charge in [-0.2, -0.15) is 5.10 Å². The second-order valence-corrected chi connectivity index (χ2v) is 7.52. The SMILES string of the molecule is Cn1cc(CNCC(C)(C)CCCO)c(C(C)(C)C)n1. The number of aryl methyl sites for hydroxylation is 1. The van der Waals surface area contributed by atoms with E-state index in [9.17, 15) is 0 Å². The van der Waals surface area contributed by atoms with Crippen LogP contribution in [0.2, 0.25) is 0 Å². The Morgan fingerprint density at radius 3 is 2.45 bits per heavy atom. The van der Waals surface area contributed by atoms with Crippen molar-refractivity contribution in [2.75, 3.05) is 13.2 Å². The largest absolute Gasteiger partial charge is 0.396 e. The highest BCUT2D eigenvalue weighted by Crippen LogP contribution is 2.25. The lowest BCUT2D eigenvalue weighted by molar-refractivity contribution is 0.236. The fraction of sp³-hybridized carbons (Fsp3) is 0.812. The Labute approximate surface area is 123 Å². The van der Waals surface area contributed by atoms with Gasteiger partial charge in [0.05, 0.1) is 5.69 Å². The minimum Gasteiger partial charge on any atom is -0.396 e. The number of rotatable bonds is 7.